The lowest BCUT2D eigenvalue weighted by atomic mass is 10.1. The van der Waals surface area contributed by atoms with E-state index in [1.807, 2.05) is 19.1 Å². The monoisotopic (exact) mass is 269 g/mol. The van der Waals surface area contributed by atoms with E-state index in [9.17, 15) is 9.59 Å². The van der Waals surface area contributed by atoms with Crippen molar-refractivity contribution in [1.29, 1.82) is 0 Å². The number of nitrogens with zero attached hydrogens (tertiary/aromatic N) is 1. The van der Waals surface area contributed by atoms with Crippen LogP contribution in [0.4, 0.5) is 11.4 Å². The third-order valence-electron chi connectivity index (χ3n) is 3.56. The van der Waals surface area contributed by atoms with Gasteiger partial charge in [-0.3, -0.25) is 9.59 Å². The molecule has 1 aromatic heterocycles. The zero-order valence-electron chi connectivity index (χ0n) is 11.1. The number of rotatable bonds is 1. The molecule has 20 heavy (non-hydrogen) atoms. The van der Waals surface area contributed by atoms with Crippen LogP contribution in [0.2, 0.25) is 0 Å². The number of fused-ring (bicyclic) bond motifs is 1. The highest BCUT2D eigenvalue weighted by Gasteiger charge is 2.31. The molecule has 1 aliphatic heterocycles. The Morgan fingerprint density at radius 1 is 1.35 bits per heavy atom. The van der Waals surface area contributed by atoms with Crippen molar-refractivity contribution in [3.8, 4) is 0 Å². The molecule has 0 fully saturated rings. The summed E-state index contributed by atoms with van der Waals surface area (Å²) in [7, 11) is 0. The molecule has 0 spiro atoms. The average molecular weight is 269 g/mol. The van der Waals surface area contributed by atoms with E-state index in [1.54, 1.807) is 17.0 Å². The highest BCUT2D eigenvalue weighted by Crippen LogP contribution is 2.34. The van der Waals surface area contributed by atoms with E-state index in [0.29, 0.717) is 11.3 Å². The Morgan fingerprint density at radius 3 is 2.90 bits per heavy atom. The van der Waals surface area contributed by atoms with E-state index in [1.165, 1.54) is 12.3 Å². The molecular weight excluding hydrogens is 254 g/mol. The van der Waals surface area contributed by atoms with Crippen LogP contribution in [0.5, 0.6) is 0 Å². The maximum absolute atomic E-state index is 12.6. The number of amides is 1. The van der Waals surface area contributed by atoms with E-state index < -0.39 is 0 Å². The number of carbonyl (C=O) groups excluding carboxylic acids is 1. The number of nitrogen functional groups attached to an aromatic ring is 1. The van der Waals surface area contributed by atoms with Crippen LogP contribution in [0.3, 0.4) is 0 Å². The van der Waals surface area contributed by atoms with Gasteiger partial charge in [-0.15, -0.1) is 0 Å². The Bertz CT molecular complexity index is 736. The molecule has 1 aromatic carbocycles. The fraction of sp³-hybridized carbons (Fsp3) is 0.200. The summed E-state index contributed by atoms with van der Waals surface area (Å²) in [4.78, 5) is 28.2. The molecule has 3 rings (SSSR count). The standard InChI is InChI=1S/C15H15N3O2/c1-9-6-11-7-12(16)2-3-13(11)18(9)15(20)10-4-5-17-14(19)8-10/h2-5,7-9H,6,16H2,1H3,(H,17,19). The number of carbonyl (C=O) groups is 1. The lowest BCUT2D eigenvalue weighted by Gasteiger charge is -2.22. The van der Waals surface area contributed by atoms with Gasteiger partial charge in [-0.1, -0.05) is 0 Å². The van der Waals surface area contributed by atoms with Gasteiger partial charge >= 0.3 is 0 Å². The Hall–Kier alpha value is -2.56. The smallest absolute Gasteiger partial charge is 0.258 e. The fourth-order valence-corrected chi connectivity index (χ4v) is 2.68. The van der Waals surface area contributed by atoms with Crippen molar-refractivity contribution < 1.29 is 4.79 Å². The number of pyridine rings is 1. The van der Waals surface area contributed by atoms with Gasteiger partial charge in [-0.25, -0.2) is 0 Å². The molecule has 5 heteroatoms. The number of nitrogens with two attached hydrogens (primary N) is 1. The molecule has 1 atom stereocenters. The topological polar surface area (TPSA) is 79.2 Å². The van der Waals surface area contributed by atoms with Crippen molar-refractivity contribution >= 4 is 17.3 Å². The number of anilines is 2. The number of aromatic amines is 1. The molecule has 0 saturated heterocycles. The van der Waals surface area contributed by atoms with Gasteiger partial charge in [0, 0.05) is 35.2 Å². The minimum atomic E-state index is -0.278. The summed E-state index contributed by atoms with van der Waals surface area (Å²) in [6.45, 7) is 1.99. The van der Waals surface area contributed by atoms with Gasteiger partial charge in [0.05, 0.1) is 0 Å². The zero-order chi connectivity index (χ0) is 14.3. The molecule has 5 nitrogen and oxygen atoms in total. The largest absolute Gasteiger partial charge is 0.399 e. The quantitative estimate of drug-likeness (QED) is 0.771. The van der Waals surface area contributed by atoms with E-state index >= 15 is 0 Å². The van der Waals surface area contributed by atoms with Gasteiger partial charge in [-0.05, 0) is 43.2 Å². The van der Waals surface area contributed by atoms with E-state index in [0.717, 1.165) is 17.7 Å². The van der Waals surface area contributed by atoms with Gasteiger partial charge in [0.15, 0.2) is 0 Å². The second kappa shape index (κ2) is 4.52. The van der Waals surface area contributed by atoms with Crippen molar-refractivity contribution in [2.45, 2.75) is 19.4 Å². The highest BCUT2D eigenvalue weighted by atomic mass is 16.2. The Morgan fingerprint density at radius 2 is 2.15 bits per heavy atom. The molecule has 1 unspecified atom stereocenters. The normalized spacial score (nSPS) is 17.1. The van der Waals surface area contributed by atoms with Crippen LogP contribution < -0.4 is 16.2 Å². The predicted molar refractivity (Wildman–Crippen MR) is 77.9 cm³/mol. The van der Waals surface area contributed by atoms with E-state index in [-0.39, 0.29) is 17.5 Å². The van der Waals surface area contributed by atoms with Crippen molar-refractivity contribution in [2.24, 2.45) is 0 Å². The third-order valence-corrected chi connectivity index (χ3v) is 3.56. The lowest BCUT2D eigenvalue weighted by Crippen LogP contribution is -2.36. The number of hydrogen-bond acceptors (Lipinski definition) is 3. The number of nitrogens with one attached hydrogen (secondary N) is 1. The summed E-state index contributed by atoms with van der Waals surface area (Å²) >= 11 is 0. The van der Waals surface area contributed by atoms with Gasteiger partial charge in [0.2, 0.25) is 5.56 Å². The van der Waals surface area contributed by atoms with E-state index in [4.69, 9.17) is 5.73 Å². The first-order valence-electron chi connectivity index (χ1n) is 6.47. The summed E-state index contributed by atoms with van der Waals surface area (Å²) in [5, 5.41) is 0. The minimum absolute atomic E-state index is 0.0542. The number of benzene rings is 1. The van der Waals surface area contributed by atoms with Crippen molar-refractivity contribution in [2.75, 3.05) is 10.6 Å². The SMILES string of the molecule is CC1Cc2cc(N)ccc2N1C(=O)c1cc[nH]c(=O)c1. The Labute approximate surface area is 116 Å². The first-order valence-corrected chi connectivity index (χ1v) is 6.47. The average Bonchev–Trinajstić information content (AvgIpc) is 2.73. The van der Waals surface area contributed by atoms with Gasteiger partial charge < -0.3 is 15.6 Å². The van der Waals surface area contributed by atoms with Gasteiger partial charge in [-0.2, -0.15) is 0 Å². The molecule has 0 bridgehead atoms. The third kappa shape index (κ3) is 1.97. The molecular formula is C15H15N3O2. The summed E-state index contributed by atoms with van der Waals surface area (Å²) in [5.41, 5.74) is 8.53. The maximum Gasteiger partial charge on any atom is 0.258 e. The fourth-order valence-electron chi connectivity index (χ4n) is 2.68. The van der Waals surface area contributed by atoms with Crippen LogP contribution in [-0.2, 0) is 6.42 Å². The van der Waals surface area contributed by atoms with E-state index in [2.05, 4.69) is 4.98 Å². The Kier molecular flexibility index (Phi) is 2.82. The maximum atomic E-state index is 12.6. The van der Waals surface area contributed by atoms with Crippen LogP contribution in [0.1, 0.15) is 22.8 Å². The lowest BCUT2D eigenvalue weighted by molar-refractivity contribution is 0.0981. The van der Waals surface area contributed by atoms with Crippen LogP contribution in [-0.4, -0.2) is 16.9 Å². The first kappa shape index (κ1) is 12.5. The van der Waals surface area contributed by atoms with Crippen LogP contribution in [0, 0.1) is 0 Å². The molecule has 0 radical (unpaired) electrons. The molecule has 1 aliphatic rings. The molecule has 0 aliphatic carbocycles. The molecule has 3 N–H and O–H groups in total. The van der Waals surface area contributed by atoms with Crippen molar-refractivity contribution in [1.82, 2.24) is 4.98 Å². The first-order chi connectivity index (χ1) is 9.56. The van der Waals surface area contributed by atoms with Gasteiger partial charge in [0.1, 0.15) is 0 Å². The second-order valence-corrected chi connectivity index (χ2v) is 5.06. The van der Waals surface area contributed by atoms with Crippen LogP contribution in [0.15, 0.2) is 41.3 Å². The molecule has 1 amide bonds. The Balaban J connectivity index is 2.03. The summed E-state index contributed by atoms with van der Waals surface area (Å²) in [6, 6.07) is 8.54. The molecule has 2 aromatic rings. The van der Waals surface area contributed by atoms with Crippen molar-refractivity contribution in [3.63, 3.8) is 0 Å². The highest BCUT2D eigenvalue weighted by molar-refractivity contribution is 6.07. The number of hydrogen-bond donors (Lipinski definition) is 2. The summed E-state index contributed by atoms with van der Waals surface area (Å²) in [5.74, 6) is -0.160. The predicted octanol–water partition coefficient (Wildman–Crippen LogP) is 1.55. The molecule has 2 heterocycles. The number of H-pyrrole nitrogens is 1. The number of aromatic nitrogens is 1. The second-order valence-electron chi connectivity index (χ2n) is 5.06. The molecule has 0 saturated carbocycles. The van der Waals surface area contributed by atoms with Crippen LogP contribution >= 0.6 is 0 Å². The molecule has 102 valence electrons. The van der Waals surface area contributed by atoms with Crippen LogP contribution in [0.25, 0.3) is 0 Å². The summed E-state index contributed by atoms with van der Waals surface area (Å²) < 4.78 is 0. The summed E-state index contributed by atoms with van der Waals surface area (Å²) in [6.07, 6.45) is 2.26. The minimum Gasteiger partial charge on any atom is -0.399 e. The zero-order valence-corrected chi connectivity index (χ0v) is 11.1. The van der Waals surface area contributed by atoms with Crippen molar-refractivity contribution in [3.05, 3.63) is 58.0 Å². The van der Waals surface area contributed by atoms with Gasteiger partial charge in [0.25, 0.3) is 5.91 Å².